The number of nitrogens with zero attached hydrogens (tertiary/aromatic N) is 1. The Hall–Kier alpha value is -2.73. The standard InChI is InChI=1S/C30H42N2O4/c1-30(2,3)36-28(33)25-17-15-23(16-18-25)22-32-27(20-24-12-11-19-31-21-24)29(34)35-26-13-9-7-5-4-6-8-10-14-26/h11-12,15-19,21,26-27,32H,4-10,13-14,20,22H2,1-3H3/t27-/m1/s1. The molecule has 1 N–H and O–H groups in total. The molecule has 1 aliphatic rings. The van der Waals surface area contributed by atoms with Gasteiger partial charge in [0.15, 0.2) is 0 Å². The number of aromatic nitrogens is 1. The molecule has 36 heavy (non-hydrogen) atoms. The number of nitrogens with one attached hydrogen (secondary N) is 1. The zero-order chi connectivity index (χ0) is 25.8. The number of esters is 2. The monoisotopic (exact) mass is 494 g/mol. The van der Waals surface area contributed by atoms with Gasteiger partial charge >= 0.3 is 11.9 Å². The summed E-state index contributed by atoms with van der Waals surface area (Å²) in [5.74, 6) is -0.544. The van der Waals surface area contributed by atoms with Crippen LogP contribution >= 0.6 is 0 Å². The number of carbonyl (C=O) groups is 2. The summed E-state index contributed by atoms with van der Waals surface area (Å²) in [5.41, 5.74) is 1.94. The lowest BCUT2D eigenvalue weighted by Gasteiger charge is -2.24. The molecule has 1 aliphatic carbocycles. The fourth-order valence-corrected chi connectivity index (χ4v) is 4.47. The minimum Gasteiger partial charge on any atom is -0.461 e. The third-order valence-electron chi connectivity index (χ3n) is 6.42. The minimum absolute atomic E-state index is 0.0121. The largest absolute Gasteiger partial charge is 0.461 e. The third-order valence-corrected chi connectivity index (χ3v) is 6.42. The van der Waals surface area contributed by atoms with E-state index in [2.05, 4.69) is 10.3 Å². The summed E-state index contributed by atoms with van der Waals surface area (Å²) in [6.07, 6.45) is 14.4. The zero-order valence-electron chi connectivity index (χ0n) is 22.1. The van der Waals surface area contributed by atoms with E-state index in [1.54, 1.807) is 24.5 Å². The number of hydrogen-bond donors (Lipinski definition) is 1. The Bertz CT molecular complexity index is 928. The van der Waals surface area contributed by atoms with Crippen molar-refractivity contribution < 1.29 is 19.1 Å². The lowest BCUT2D eigenvalue weighted by atomic mass is 9.99. The average Bonchev–Trinajstić information content (AvgIpc) is 2.85. The van der Waals surface area contributed by atoms with Crippen molar-refractivity contribution in [1.29, 1.82) is 0 Å². The van der Waals surface area contributed by atoms with Gasteiger partial charge in [-0.2, -0.15) is 0 Å². The minimum atomic E-state index is -0.536. The summed E-state index contributed by atoms with van der Waals surface area (Å²) >= 11 is 0. The number of rotatable bonds is 8. The Morgan fingerprint density at radius 3 is 2.17 bits per heavy atom. The van der Waals surface area contributed by atoms with E-state index in [1.807, 2.05) is 45.0 Å². The van der Waals surface area contributed by atoms with Gasteiger partial charge in [0.1, 0.15) is 17.7 Å². The maximum Gasteiger partial charge on any atom is 0.338 e. The first-order chi connectivity index (χ1) is 17.3. The fraction of sp³-hybridized carbons (Fsp3) is 0.567. The molecule has 1 aromatic heterocycles. The van der Waals surface area contributed by atoms with Gasteiger partial charge in [-0.1, -0.05) is 50.3 Å². The fourth-order valence-electron chi connectivity index (χ4n) is 4.47. The normalized spacial score (nSPS) is 16.6. The van der Waals surface area contributed by atoms with Crippen molar-refractivity contribution in [2.75, 3.05) is 0 Å². The van der Waals surface area contributed by atoms with Crippen LogP contribution in [0.5, 0.6) is 0 Å². The predicted octanol–water partition coefficient (Wildman–Crippen LogP) is 6.17. The van der Waals surface area contributed by atoms with Crippen LogP contribution in [0, 0.1) is 0 Å². The van der Waals surface area contributed by atoms with E-state index >= 15 is 0 Å². The number of pyridine rings is 1. The zero-order valence-corrected chi connectivity index (χ0v) is 22.1. The smallest absolute Gasteiger partial charge is 0.338 e. The van der Waals surface area contributed by atoms with Gasteiger partial charge < -0.3 is 14.8 Å². The molecule has 6 heteroatoms. The van der Waals surface area contributed by atoms with E-state index in [-0.39, 0.29) is 18.0 Å². The van der Waals surface area contributed by atoms with Crippen molar-refractivity contribution in [3.63, 3.8) is 0 Å². The van der Waals surface area contributed by atoms with Gasteiger partial charge in [-0.05, 0) is 82.2 Å². The molecule has 0 amide bonds. The van der Waals surface area contributed by atoms with Gasteiger partial charge in [0.05, 0.1) is 5.56 Å². The quantitative estimate of drug-likeness (QED) is 0.442. The highest BCUT2D eigenvalue weighted by atomic mass is 16.6. The van der Waals surface area contributed by atoms with Crippen molar-refractivity contribution >= 4 is 11.9 Å². The molecule has 1 heterocycles. The first kappa shape index (κ1) is 27.9. The highest BCUT2D eigenvalue weighted by molar-refractivity contribution is 5.89. The van der Waals surface area contributed by atoms with Gasteiger partial charge in [0, 0.05) is 18.9 Å². The Morgan fingerprint density at radius 1 is 0.944 bits per heavy atom. The van der Waals surface area contributed by atoms with E-state index in [4.69, 9.17) is 9.47 Å². The highest BCUT2D eigenvalue weighted by Crippen LogP contribution is 2.20. The predicted molar refractivity (Wildman–Crippen MR) is 142 cm³/mol. The van der Waals surface area contributed by atoms with E-state index < -0.39 is 11.6 Å². The molecule has 6 nitrogen and oxygen atoms in total. The number of hydrogen-bond acceptors (Lipinski definition) is 6. The summed E-state index contributed by atoms with van der Waals surface area (Å²) in [5, 5.41) is 3.39. The third kappa shape index (κ3) is 10.1. The molecule has 2 aromatic rings. The molecule has 0 saturated heterocycles. The van der Waals surface area contributed by atoms with E-state index in [9.17, 15) is 9.59 Å². The van der Waals surface area contributed by atoms with E-state index in [1.165, 1.54) is 32.1 Å². The molecule has 3 rings (SSSR count). The van der Waals surface area contributed by atoms with Crippen LogP contribution in [0.15, 0.2) is 48.8 Å². The maximum atomic E-state index is 13.3. The molecule has 196 valence electrons. The molecule has 1 atom stereocenters. The van der Waals surface area contributed by atoms with E-state index in [0.717, 1.165) is 36.8 Å². The van der Waals surface area contributed by atoms with Gasteiger partial charge in [0.2, 0.25) is 0 Å². The SMILES string of the molecule is CC(C)(C)OC(=O)c1ccc(CN[C@H](Cc2cccnc2)C(=O)OC2CCCCCCCCC2)cc1. The molecule has 1 fully saturated rings. The van der Waals surface area contributed by atoms with Crippen LogP contribution < -0.4 is 5.32 Å². The Kier molecular flexibility index (Phi) is 10.9. The van der Waals surface area contributed by atoms with Crippen molar-refractivity contribution in [3.8, 4) is 0 Å². The van der Waals surface area contributed by atoms with Crippen LogP contribution in [-0.4, -0.2) is 34.7 Å². The lowest BCUT2D eigenvalue weighted by molar-refractivity contribution is -0.152. The average molecular weight is 495 g/mol. The molecule has 1 aromatic carbocycles. The van der Waals surface area contributed by atoms with Crippen LogP contribution in [0.1, 0.15) is 100 Å². The number of ether oxygens (including phenoxy) is 2. The molecule has 0 bridgehead atoms. The second-order valence-corrected chi connectivity index (χ2v) is 10.8. The molecule has 0 spiro atoms. The number of benzene rings is 1. The Morgan fingerprint density at radius 2 is 1.58 bits per heavy atom. The van der Waals surface area contributed by atoms with Crippen molar-refractivity contribution in [3.05, 3.63) is 65.5 Å². The van der Waals surface area contributed by atoms with Crippen LogP contribution in [0.25, 0.3) is 0 Å². The Balaban J connectivity index is 1.63. The van der Waals surface area contributed by atoms with Crippen LogP contribution in [0.3, 0.4) is 0 Å². The van der Waals surface area contributed by atoms with Crippen molar-refractivity contribution in [2.24, 2.45) is 0 Å². The molecule has 0 radical (unpaired) electrons. The number of carbonyl (C=O) groups excluding carboxylic acids is 2. The summed E-state index contributed by atoms with van der Waals surface area (Å²) in [6, 6.07) is 10.7. The molecular weight excluding hydrogens is 452 g/mol. The molecular formula is C30H42N2O4. The van der Waals surface area contributed by atoms with Gasteiger partial charge in [-0.3, -0.25) is 9.78 Å². The van der Waals surface area contributed by atoms with Gasteiger partial charge in [-0.15, -0.1) is 0 Å². The van der Waals surface area contributed by atoms with Crippen LogP contribution in [0.2, 0.25) is 0 Å². The lowest BCUT2D eigenvalue weighted by Crippen LogP contribution is -2.41. The van der Waals surface area contributed by atoms with Crippen LogP contribution in [-0.2, 0) is 27.2 Å². The van der Waals surface area contributed by atoms with Gasteiger partial charge in [0.25, 0.3) is 0 Å². The van der Waals surface area contributed by atoms with Crippen molar-refractivity contribution in [2.45, 2.75) is 109 Å². The van der Waals surface area contributed by atoms with Crippen LogP contribution in [0.4, 0.5) is 0 Å². The molecule has 1 saturated carbocycles. The first-order valence-electron chi connectivity index (χ1n) is 13.5. The summed E-state index contributed by atoms with van der Waals surface area (Å²) in [6.45, 7) is 6.04. The molecule has 0 unspecified atom stereocenters. The second kappa shape index (κ2) is 14.1. The highest BCUT2D eigenvalue weighted by Gasteiger charge is 2.24. The maximum absolute atomic E-state index is 13.3. The summed E-state index contributed by atoms with van der Waals surface area (Å²) in [4.78, 5) is 29.8. The van der Waals surface area contributed by atoms with E-state index in [0.29, 0.717) is 18.5 Å². The van der Waals surface area contributed by atoms with Crippen molar-refractivity contribution in [1.82, 2.24) is 10.3 Å². The summed E-state index contributed by atoms with van der Waals surface area (Å²) in [7, 11) is 0. The summed E-state index contributed by atoms with van der Waals surface area (Å²) < 4.78 is 11.5. The second-order valence-electron chi connectivity index (χ2n) is 10.8. The topological polar surface area (TPSA) is 77.5 Å². The van der Waals surface area contributed by atoms with Gasteiger partial charge in [-0.25, -0.2) is 4.79 Å². The first-order valence-corrected chi connectivity index (χ1v) is 13.5. The Labute approximate surface area is 216 Å². The molecule has 0 aliphatic heterocycles.